The van der Waals surface area contributed by atoms with Gasteiger partial charge in [0.05, 0.1) is 16.8 Å². The standard InChI is InChI=1S/C27H18N2OS/c30-16-15-29-24-7-3-1-5-21(24)22-17-20(13-14-25(22)29)18-9-11-19(12-10-18)27-28-23-6-2-4-8-26(23)31-27/h1-14,16-17H,15H2. The Hall–Kier alpha value is -3.76. The maximum Gasteiger partial charge on any atom is 0.139 e. The third-order valence-electron chi connectivity index (χ3n) is 5.79. The number of hydrogen-bond acceptors (Lipinski definition) is 3. The predicted octanol–water partition coefficient (Wildman–Crippen LogP) is 6.94. The quantitative estimate of drug-likeness (QED) is 0.291. The van der Waals surface area contributed by atoms with Crippen LogP contribution in [0.15, 0.2) is 91.0 Å². The first-order chi connectivity index (χ1) is 15.3. The van der Waals surface area contributed by atoms with Gasteiger partial charge in [-0.3, -0.25) is 0 Å². The first-order valence-corrected chi connectivity index (χ1v) is 11.0. The number of fused-ring (bicyclic) bond motifs is 4. The average molecular weight is 419 g/mol. The molecule has 3 nitrogen and oxygen atoms in total. The second kappa shape index (κ2) is 7.18. The minimum absolute atomic E-state index is 0.361. The van der Waals surface area contributed by atoms with Crippen LogP contribution in [0.2, 0.25) is 0 Å². The smallest absolute Gasteiger partial charge is 0.139 e. The summed E-state index contributed by atoms with van der Waals surface area (Å²) in [4.78, 5) is 16.0. The summed E-state index contributed by atoms with van der Waals surface area (Å²) in [7, 11) is 0. The molecule has 0 atom stereocenters. The van der Waals surface area contributed by atoms with Crippen LogP contribution < -0.4 is 0 Å². The van der Waals surface area contributed by atoms with Crippen LogP contribution in [0.25, 0.3) is 53.7 Å². The number of para-hydroxylation sites is 2. The van der Waals surface area contributed by atoms with Gasteiger partial charge in [0.1, 0.15) is 11.3 Å². The first kappa shape index (κ1) is 18.0. The Morgan fingerprint density at radius 1 is 0.742 bits per heavy atom. The Balaban J connectivity index is 1.43. The number of carbonyl (C=O) groups excluding carboxylic acids is 1. The molecule has 148 valence electrons. The number of aldehydes is 1. The summed E-state index contributed by atoms with van der Waals surface area (Å²) in [5.74, 6) is 0. The minimum atomic E-state index is 0.361. The fourth-order valence-electron chi connectivity index (χ4n) is 4.31. The number of rotatable bonds is 4. The van der Waals surface area contributed by atoms with Crippen molar-refractivity contribution in [2.45, 2.75) is 6.54 Å². The molecule has 0 amide bonds. The number of aromatic nitrogens is 2. The molecule has 0 aliphatic rings. The van der Waals surface area contributed by atoms with Crippen LogP contribution in [-0.4, -0.2) is 15.8 Å². The number of nitrogens with zero attached hydrogens (tertiary/aromatic N) is 2. The maximum absolute atomic E-state index is 11.2. The van der Waals surface area contributed by atoms with Crippen LogP contribution in [0.5, 0.6) is 0 Å². The molecule has 0 bridgehead atoms. The van der Waals surface area contributed by atoms with Crippen LogP contribution in [0.1, 0.15) is 0 Å². The van der Waals surface area contributed by atoms with E-state index in [0.717, 1.165) is 39.0 Å². The summed E-state index contributed by atoms with van der Waals surface area (Å²) in [6, 6.07) is 31.6. The van der Waals surface area contributed by atoms with Gasteiger partial charge in [0.25, 0.3) is 0 Å². The van der Waals surface area contributed by atoms with Gasteiger partial charge in [0.2, 0.25) is 0 Å². The van der Waals surface area contributed by atoms with E-state index in [0.29, 0.717) is 6.54 Å². The molecule has 0 aliphatic carbocycles. The van der Waals surface area contributed by atoms with E-state index in [1.54, 1.807) is 11.3 Å². The Bertz CT molecular complexity index is 1540. The molecule has 6 aromatic rings. The third kappa shape index (κ3) is 2.95. The zero-order chi connectivity index (χ0) is 20.8. The van der Waals surface area contributed by atoms with Crippen LogP contribution in [0.4, 0.5) is 0 Å². The third-order valence-corrected chi connectivity index (χ3v) is 6.87. The molecule has 0 radical (unpaired) electrons. The molecule has 0 unspecified atom stereocenters. The van der Waals surface area contributed by atoms with E-state index in [1.807, 2.05) is 18.2 Å². The van der Waals surface area contributed by atoms with Crippen molar-refractivity contribution in [2.75, 3.05) is 0 Å². The van der Waals surface area contributed by atoms with E-state index in [-0.39, 0.29) is 0 Å². The summed E-state index contributed by atoms with van der Waals surface area (Å²) >= 11 is 1.72. The highest BCUT2D eigenvalue weighted by Crippen LogP contribution is 2.34. The van der Waals surface area contributed by atoms with Gasteiger partial charge in [-0.05, 0) is 41.5 Å². The number of carbonyl (C=O) groups is 1. The van der Waals surface area contributed by atoms with Crippen molar-refractivity contribution in [1.82, 2.24) is 9.55 Å². The zero-order valence-corrected chi connectivity index (χ0v) is 17.5. The molecule has 2 aromatic heterocycles. The fourth-order valence-corrected chi connectivity index (χ4v) is 5.28. The average Bonchev–Trinajstić information content (AvgIpc) is 3.39. The summed E-state index contributed by atoms with van der Waals surface area (Å²) in [6.45, 7) is 0.361. The summed E-state index contributed by atoms with van der Waals surface area (Å²) in [5.41, 5.74) is 6.68. The molecule has 4 heteroatoms. The molecular weight excluding hydrogens is 400 g/mol. The van der Waals surface area contributed by atoms with Crippen molar-refractivity contribution >= 4 is 49.6 Å². The zero-order valence-electron chi connectivity index (χ0n) is 16.7. The highest BCUT2D eigenvalue weighted by atomic mass is 32.1. The molecule has 0 saturated carbocycles. The summed E-state index contributed by atoms with van der Waals surface area (Å²) in [5, 5.41) is 3.39. The van der Waals surface area contributed by atoms with E-state index in [2.05, 4.69) is 77.4 Å². The number of thiazole rings is 1. The van der Waals surface area contributed by atoms with Crippen molar-refractivity contribution in [3.8, 4) is 21.7 Å². The first-order valence-electron chi connectivity index (χ1n) is 10.2. The van der Waals surface area contributed by atoms with Crippen molar-refractivity contribution in [2.24, 2.45) is 0 Å². The lowest BCUT2D eigenvalue weighted by atomic mass is 10.0. The lowest BCUT2D eigenvalue weighted by Crippen LogP contribution is -1.97. The van der Waals surface area contributed by atoms with Crippen LogP contribution in [0.3, 0.4) is 0 Å². The SMILES string of the molecule is O=CCn1c2ccccc2c2cc(-c3ccc(-c4nc5ccccc5s4)cc3)ccc21. The highest BCUT2D eigenvalue weighted by Gasteiger charge is 2.12. The largest absolute Gasteiger partial charge is 0.333 e. The van der Waals surface area contributed by atoms with Crippen molar-refractivity contribution in [1.29, 1.82) is 0 Å². The lowest BCUT2D eigenvalue weighted by molar-refractivity contribution is -0.108. The second-order valence-corrected chi connectivity index (χ2v) is 8.62. The molecule has 0 spiro atoms. The van der Waals surface area contributed by atoms with Gasteiger partial charge in [0.15, 0.2) is 0 Å². The van der Waals surface area contributed by atoms with Gasteiger partial charge >= 0.3 is 0 Å². The van der Waals surface area contributed by atoms with Crippen LogP contribution >= 0.6 is 11.3 Å². The van der Waals surface area contributed by atoms with Gasteiger partial charge in [-0.25, -0.2) is 4.98 Å². The predicted molar refractivity (Wildman–Crippen MR) is 130 cm³/mol. The number of benzene rings is 4. The molecule has 0 fully saturated rings. The molecule has 0 aliphatic heterocycles. The molecular formula is C27H18N2OS. The molecule has 6 rings (SSSR count). The fraction of sp³-hybridized carbons (Fsp3) is 0.0370. The Morgan fingerprint density at radius 2 is 1.45 bits per heavy atom. The highest BCUT2D eigenvalue weighted by molar-refractivity contribution is 7.21. The second-order valence-electron chi connectivity index (χ2n) is 7.59. The van der Waals surface area contributed by atoms with Crippen molar-refractivity contribution < 1.29 is 4.79 Å². The van der Waals surface area contributed by atoms with E-state index in [9.17, 15) is 4.79 Å². The summed E-state index contributed by atoms with van der Waals surface area (Å²) < 4.78 is 3.29. The molecule has 0 saturated heterocycles. The van der Waals surface area contributed by atoms with Crippen LogP contribution in [-0.2, 0) is 11.3 Å². The minimum Gasteiger partial charge on any atom is -0.333 e. The Kier molecular flexibility index (Phi) is 4.18. The topological polar surface area (TPSA) is 34.9 Å². The lowest BCUT2D eigenvalue weighted by Gasteiger charge is -2.05. The summed E-state index contributed by atoms with van der Waals surface area (Å²) in [6.07, 6.45) is 0.959. The van der Waals surface area contributed by atoms with Crippen LogP contribution in [0, 0.1) is 0 Å². The maximum atomic E-state index is 11.2. The molecule has 31 heavy (non-hydrogen) atoms. The van der Waals surface area contributed by atoms with Crippen molar-refractivity contribution in [3.63, 3.8) is 0 Å². The molecule has 2 heterocycles. The van der Waals surface area contributed by atoms with E-state index in [4.69, 9.17) is 4.98 Å². The van der Waals surface area contributed by atoms with E-state index in [1.165, 1.54) is 21.0 Å². The van der Waals surface area contributed by atoms with Gasteiger partial charge in [-0.15, -0.1) is 11.3 Å². The Morgan fingerprint density at radius 3 is 2.29 bits per heavy atom. The molecule has 4 aromatic carbocycles. The van der Waals surface area contributed by atoms with Gasteiger partial charge in [-0.2, -0.15) is 0 Å². The van der Waals surface area contributed by atoms with Gasteiger partial charge < -0.3 is 9.36 Å². The van der Waals surface area contributed by atoms with Crippen molar-refractivity contribution in [3.05, 3.63) is 91.0 Å². The van der Waals surface area contributed by atoms with E-state index >= 15 is 0 Å². The Labute approximate surface area is 183 Å². The molecule has 0 N–H and O–H groups in total. The monoisotopic (exact) mass is 418 g/mol. The van der Waals surface area contributed by atoms with Gasteiger partial charge in [0, 0.05) is 27.4 Å². The van der Waals surface area contributed by atoms with Gasteiger partial charge in [-0.1, -0.05) is 60.7 Å². The number of hydrogen-bond donors (Lipinski definition) is 0. The van der Waals surface area contributed by atoms with E-state index < -0.39 is 0 Å². The normalized spacial score (nSPS) is 11.5.